The van der Waals surface area contributed by atoms with Gasteiger partial charge in [0.05, 0.1) is 6.04 Å². The first kappa shape index (κ1) is 22.4. The van der Waals surface area contributed by atoms with E-state index < -0.39 is 0 Å². The lowest BCUT2D eigenvalue weighted by Gasteiger charge is -2.22. The number of ether oxygens (including phenoxy) is 2. The van der Waals surface area contributed by atoms with E-state index in [4.69, 9.17) is 9.47 Å². The number of hydrogen-bond acceptors (Lipinski definition) is 6. The number of aryl methyl sites for hydroxylation is 1. The fraction of sp³-hybridized carbons (Fsp3) is 0.423. The predicted molar refractivity (Wildman–Crippen MR) is 128 cm³/mol. The Morgan fingerprint density at radius 1 is 1.00 bits per heavy atom. The maximum absolute atomic E-state index is 12.5. The summed E-state index contributed by atoms with van der Waals surface area (Å²) in [6.45, 7) is 6.62. The largest absolute Gasteiger partial charge is 0.486 e. The standard InChI is InChI=1S/C26H31N5O3/c1-19(27-25(32)10-8-20-5-3-2-4-6-20)26-29-28-24-11-12-30(13-14-31(24)26)18-21-7-9-22-23(17-21)34-16-15-33-22/h2-7,9,17,19H,8,10-16,18H2,1H3,(H,27,32). The topological polar surface area (TPSA) is 81.5 Å². The van der Waals surface area contributed by atoms with Gasteiger partial charge in [-0.15, -0.1) is 10.2 Å². The molecule has 1 N–H and O–H groups in total. The van der Waals surface area contributed by atoms with E-state index in [1.54, 1.807) is 0 Å². The molecule has 0 bridgehead atoms. The Hall–Kier alpha value is -3.39. The normalized spacial score (nSPS) is 16.4. The van der Waals surface area contributed by atoms with Crippen LogP contribution in [0.15, 0.2) is 48.5 Å². The van der Waals surface area contributed by atoms with Crippen LogP contribution in [0.1, 0.15) is 42.2 Å². The second-order valence-electron chi connectivity index (χ2n) is 8.91. The van der Waals surface area contributed by atoms with E-state index in [0.717, 1.165) is 62.2 Å². The van der Waals surface area contributed by atoms with E-state index in [2.05, 4.69) is 37.1 Å². The second kappa shape index (κ2) is 10.3. The monoisotopic (exact) mass is 461 g/mol. The van der Waals surface area contributed by atoms with Crippen LogP contribution in [0.5, 0.6) is 11.5 Å². The van der Waals surface area contributed by atoms with Gasteiger partial charge < -0.3 is 19.4 Å². The minimum atomic E-state index is -0.186. The van der Waals surface area contributed by atoms with Gasteiger partial charge >= 0.3 is 0 Å². The smallest absolute Gasteiger partial charge is 0.220 e. The highest BCUT2D eigenvalue weighted by Crippen LogP contribution is 2.31. The van der Waals surface area contributed by atoms with Crippen LogP contribution in [0.4, 0.5) is 0 Å². The fourth-order valence-corrected chi connectivity index (χ4v) is 4.59. The van der Waals surface area contributed by atoms with Crippen LogP contribution < -0.4 is 14.8 Å². The number of hydrogen-bond donors (Lipinski definition) is 1. The Bertz CT molecular complexity index is 1130. The Balaban J connectivity index is 1.17. The van der Waals surface area contributed by atoms with Gasteiger partial charge in [-0.1, -0.05) is 36.4 Å². The third-order valence-corrected chi connectivity index (χ3v) is 6.41. The molecule has 2 aliphatic rings. The van der Waals surface area contributed by atoms with E-state index in [0.29, 0.717) is 19.6 Å². The van der Waals surface area contributed by atoms with Gasteiger partial charge in [0.2, 0.25) is 5.91 Å². The molecule has 0 spiro atoms. The van der Waals surface area contributed by atoms with Gasteiger partial charge in [-0.3, -0.25) is 9.69 Å². The first-order chi connectivity index (χ1) is 16.7. The molecule has 0 saturated carbocycles. The Labute approximate surface area is 199 Å². The minimum Gasteiger partial charge on any atom is -0.486 e. The summed E-state index contributed by atoms with van der Waals surface area (Å²) >= 11 is 0. The summed E-state index contributed by atoms with van der Waals surface area (Å²) < 4.78 is 13.5. The Morgan fingerprint density at radius 3 is 2.68 bits per heavy atom. The third kappa shape index (κ3) is 5.22. The number of amides is 1. The first-order valence-corrected chi connectivity index (χ1v) is 12.0. The van der Waals surface area contributed by atoms with Crippen LogP contribution in [0.25, 0.3) is 0 Å². The maximum Gasteiger partial charge on any atom is 0.220 e. The van der Waals surface area contributed by atoms with Gasteiger partial charge in [-0.25, -0.2) is 0 Å². The summed E-state index contributed by atoms with van der Waals surface area (Å²) in [4.78, 5) is 14.9. The van der Waals surface area contributed by atoms with Gasteiger partial charge in [0.15, 0.2) is 17.3 Å². The molecule has 3 aromatic rings. The van der Waals surface area contributed by atoms with Crippen molar-refractivity contribution in [1.29, 1.82) is 0 Å². The molecule has 1 atom stereocenters. The number of benzene rings is 2. The zero-order chi connectivity index (χ0) is 23.3. The molecule has 0 radical (unpaired) electrons. The fourth-order valence-electron chi connectivity index (χ4n) is 4.59. The number of aromatic nitrogens is 3. The molecule has 5 rings (SSSR count). The Kier molecular flexibility index (Phi) is 6.76. The van der Waals surface area contributed by atoms with Crippen LogP contribution >= 0.6 is 0 Å². The van der Waals surface area contributed by atoms with E-state index in [1.807, 2.05) is 43.3 Å². The van der Waals surface area contributed by atoms with Crippen LogP contribution in [-0.2, 0) is 30.7 Å². The van der Waals surface area contributed by atoms with Crippen molar-refractivity contribution in [3.05, 3.63) is 71.3 Å². The molecule has 8 nitrogen and oxygen atoms in total. The average molecular weight is 462 g/mol. The number of fused-ring (bicyclic) bond motifs is 2. The summed E-state index contributed by atoms with van der Waals surface area (Å²) in [5.41, 5.74) is 2.38. The van der Waals surface area contributed by atoms with Crippen molar-refractivity contribution in [2.24, 2.45) is 0 Å². The van der Waals surface area contributed by atoms with Gasteiger partial charge in [0.1, 0.15) is 19.0 Å². The SMILES string of the molecule is CC(NC(=O)CCc1ccccc1)c1nnc2n1CCN(Cc1ccc3c(c1)OCCO3)CC2. The molecular weight excluding hydrogens is 430 g/mol. The Morgan fingerprint density at radius 2 is 1.82 bits per heavy atom. The number of carbonyl (C=O) groups is 1. The third-order valence-electron chi connectivity index (χ3n) is 6.41. The lowest BCUT2D eigenvalue weighted by Crippen LogP contribution is -2.30. The second-order valence-corrected chi connectivity index (χ2v) is 8.91. The zero-order valence-corrected chi connectivity index (χ0v) is 19.6. The number of carbonyl (C=O) groups excluding carboxylic acids is 1. The average Bonchev–Trinajstić information content (AvgIpc) is 3.18. The summed E-state index contributed by atoms with van der Waals surface area (Å²) in [7, 11) is 0. The highest BCUT2D eigenvalue weighted by Gasteiger charge is 2.23. The summed E-state index contributed by atoms with van der Waals surface area (Å²) in [6, 6.07) is 16.1. The molecule has 1 aromatic heterocycles. The van der Waals surface area contributed by atoms with Crippen molar-refractivity contribution >= 4 is 5.91 Å². The summed E-state index contributed by atoms with van der Waals surface area (Å²) in [5.74, 6) is 3.48. The van der Waals surface area contributed by atoms with Crippen molar-refractivity contribution in [3.63, 3.8) is 0 Å². The van der Waals surface area contributed by atoms with Gasteiger partial charge in [0, 0.05) is 39.0 Å². The number of nitrogens with zero attached hydrogens (tertiary/aromatic N) is 4. The molecule has 1 unspecified atom stereocenters. The van der Waals surface area contributed by atoms with Crippen molar-refractivity contribution in [1.82, 2.24) is 25.0 Å². The molecule has 1 amide bonds. The molecule has 0 aliphatic carbocycles. The molecule has 34 heavy (non-hydrogen) atoms. The predicted octanol–water partition coefficient (Wildman–Crippen LogP) is 2.92. The quantitative estimate of drug-likeness (QED) is 0.583. The molecule has 0 fully saturated rings. The highest BCUT2D eigenvalue weighted by molar-refractivity contribution is 5.76. The van der Waals surface area contributed by atoms with Crippen molar-refractivity contribution in [2.45, 2.75) is 45.3 Å². The number of rotatable bonds is 7. The number of nitrogens with one attached hydrogen (secondary N) is 1. The molecule has 8 heteroatoms. The van der Waals surface area contributed by atoms with Crippen LogP contribution in [0.2, 0.25) is 0 Å². The molecule has 2 aromatic carbocycles. The summed E-state index contributed by atoms with van der Waals surface area (Å²) in [5, 5.41) is 12.0. The minimum absolute atomic E-state index is 0.0301. The lowest BCUT2D eigenvalue weighted by molar-refractivity contribution is -0.121. The van der Waals surface area contributed by atoms with Gasteiger partial charge in [-0.05, 0) is 36.6 Å². The zero-order valence-electron chi connectivity index (χ0n) is 19.6. The molecule has 2 aliphatic heterocycles. The maximum atomic E-state index is 12.5. The van der Waals surface area contributed by atoms with Crippen LogP contribution in [-0.4, -0.2) is 51.9 Å². The van der Waals surface area contributed by atoms with Gasteiger partial charge in [0.25, 0.3) is 0 Å². The van der Waals surface area contributed by atoms with Crippen molar-refractivity contribution in [2.75, 3.05) is 26.3 Å². The first-order valence-electron chi connectivity index (χ1n) is 12.0. The van der Waals surface area contributed by atoms with Crippen molar-refractivity contribution < 1.29 is 14.3 Å². The van der Waals surface area contributed by atoms with E-state index in [9.17, 15) is 4.79 Å². The van der Waals surface area contributed by atoms with E-state index >= 15 is 0 Å². The lowest BCUT2D eigenvalue weighted by atomic mass is 10.1. The molecule has 3 heterocycles. The van der Waals surface area contributed by atoms with E-state index in [-0.39, 0.29) is 11.9 Å². The van der Waals surface area contributed by atoms with E-state index in [1.165, 1.54) is 11.1 Å². The molecule has 0 saturated heterocycles. The highest BCUT2D eigenvalue weighted by atomic mass is 16.6. The molecule has 178 valence electrons. The van der Waals surface area contributed by atoms with Crippen LogP contribution in [0.3, 0.4) is 0 Å². The van der Waals surface area contributed by atoms with Crippen molar-refractivity contribution in [3.8, 4) is 11.5 Å². The van der Waals surface area contributed by atoms with Gasteiger partial charge in [-0.2, -0.15) is 0 Å². The molecular formula is C26H31N5O3. The summed E-state index contributed by atoms with van der Waals surface area (Å²) in [6.07, 6.45) is 2.01. The van der Waals surface area contributed by atoms with Crippen LogP contribution in [0, 0.1) is 0 Å².